The van der Waals surface area contributed by atoms with Crippen LogP contribution in [0.1, 0.15) is 19.3 Å². The van der Waals surface area contributed by atoms with E-state index >= 15 is 0 Å². The summed E-state index contributed by atoms with van der Waals surface area (Å²) in [6, 6.07) is 19.1. The maximum Gasteiger partial charge on any atom is 0.118 e. The quantitative estimate of drug-likeness (QED) is 0.398. The number of hydrogen-bond donors (Lipinski definition) is 0. The summed E-state index contributed by atoms with van der Waals surface area (Å²) >= 11 is 0. The van der Waals surface area contributed by atoms with E-state index in [1.807, 2.05) is 24.5 Å². The molecule has 0 saturated carbocycles. The first-order valence-corrected chi connectivity index (χ1v) is 11.2. The van der Waals surface area contributed by atoms with E-state index in [-0.39, 0.29) is 0 Å². The molecule has 5 rings (SSSR count). The molecule has 4 nitrogen and oxygen atoms in total. The number of fused-ring (bicyclic) bond motifs is 1. The molecule has 0 N–H and O–H groups in total. The molecule has 3 heterocycles. The Morgan fingerprint density at radius 2 is 1.61 bits per heavy atom. The molecular weight excluding hydrogens is 382 g/mol. The molecule has 0 aliphatic carbocycles. The molecule has 1 fully saturated rings. The molecule has 2 aromatic heterocycles. The highest BCUT2D eigenvalue weighted by Crippen LogP contribution is 2.33. The van der Waals surface area contributed by atoms with Crippen LogP contribution >= 0.6 is 0 Å². The van der Waals surface area contributed by atoms with Crippen LogP contribution in [0.3, 0.4) is 0 Å². The van der Waals surface area contributed by atoms with Crippen molar-refractivity contribution in [1.82, 2.24) is 14.5 Å². The van der Waals surface area contributed by atoms with E-state index in [2.05, 4.69) is 63.1 Å². The number of rotatable bonds is 6. The minimum absolute atomic E-state index is 0.865. The Hall–Kier alpha value is -3.11. The van der Waals surface area contributed by atoms with E-state index < -0.39 is 0 Å². The number of para-hydroxylation sites is 1. The highest BCUT2D eigenvalue weighted by atomic mass is 16.5. The monoisotopic (exact) mass is 411 g/mol. The predicted octanol–water partition coefficient (Wildman–Crippen LogP) is 5.86. The van der Waals surface area contributed by atoms with Crippen LogP contribution in [0.4, 0.5) is 0 Å². The van der Waals surface area contributed by atoms with Gasteiger partial charge in [0.15, 0.2) is 0 Å². The van der Waals surface area contributed by atoms with Crippen molar-refractivity contribution in [2.45, 2.75) is 25.8 Å². The molecule has 2 aromatic carbocycles. The van der Waals surface area contributed by atoms with Gasteiger partial charge in [0, 0.05) is 59.3 Å². The molecule has 1 aliphatic heterocycles. The van der Waals surface area contributed by atoms with Crippen LogP contribution < -0.4 is 4.74 Å². The number of piperidine rings is 1. The molecule has 4 heteroatoms. The van der Waals surface area contributed by atoms with Crippen molar-refractivity contribution < 1.29 is 4.74 Å². The average Bonchev–Trinajstić information content (AvgIpc) is 3.22. The van der Waals surface area contributed by atoms with E-state index in [0.29, 0.717) is 0 Å². The molecule has 0 spiro atoms. The highest BCUT2D eigenvalue weighted by Gasteiger charge is 2.14. The zero-order valence-corrected chi connectivity index (χ0v) is 18.1. The van der Waals surface area contributed by atoms with E-state index in [0.717, 1.165) is 35.5 Å². The van der Waals surface area contributed by atoms with Gasteiger partial charge in [-0.15, -0.1) is 0 Å². The Kier molecular flexibility index (Phi) is 5.72. The Labute approximate surface area is 184 Å². The van der Waals surface area contributed by atoms with Crippen LogP contribution in [-0.2, 0) is 6.54 Å². The van der Waals surface area contributed by atoms with E-state index in [4.69, 9.17) is 4.74 Å². The maximum absolute atomic E-state index is 5.29. The van der Waals surface area contributed by atoms with Gasteiger partial charge in [-0.05, 0) is 55.8 Å². The van der Waals surface area contributed by atoms with Crippen molar-refractivity contribution in [3.63, 3.8) is 0 Å². The second kappa shape index (κ2) is 8.94. The number of hydrogen-bond acceptors (Lipinski definition) is 3. The summed E-state index contributed by atoms with van der Waals surface area (Å²) < 4.78 is 7.71. The van der Waals surface area contributed by atoms with Gasteiger partial charge in [0.05, 0.1) is 7.11 Å². The second-order valence-electron chi connectivity index (χ2n) is 8.35. The fourth-order valence-corrected chi connectivity index (χ4v) is 4.62. The van der Waals surface area contributed by atoms with Gasteiger partial charge in [-0.3, -0.25) is 4.98 Å². The minimum atomic E-state index is 0.865. The van der Waals surface area contributed by atoms with Gasteiger partial charge < -0.3 is 14.2 Å². The van der Waals surface area contributed by atoms with Gasteiger partial charge >= 0.3 is 0 Å². The topological polar surface area (TPSA) is 30.3 Å². The SMILES string of the molecule is COc1ccc(-c2cncc(-c3cn(CCN4CCCCC4)c4ccccc34)c2)cc1. The number of ether oxygens (including phenoxy) is 1. The standard InChI is InChI=1S/C27H29N3O/c1-31-24-11-9-21(10-12-24)22-17-23(19-28-18-22)26-20-30(27-8-4-3-7-25(26)27)16-15-29-13-5-2-6-14-29/h3-4,7-12,17-20H,2,5-6,13-16H2,1H3. The fraction of sp³-hybridized carbons (Fsp3) is 0.296. The van der Waals surface area contributed by atoms with Crippen LogP contribution in [0, 0.1) is 0 Å². The van der Waals surface area contributed by atoms with Gasteiger partial charge in [-0.1, -0.05) is 36.8 Å². The molecule has 1 saturated heterocycles. The van der Waals surface area contributed by atoms with Crippen LogP contribution in [-0.4, -0.2) is 41.2 Å². The van der Waals surface area contributed by atoms with Crippen LogP contribution in [0.2, 0.25) is 0 Å². The van der Waals surface area contributed by atoms with Crippen molar-refractivity contribution in [1.29, 1.82) is 0 Å². The lowest BCUT2D eigenvalue weighted by atomic mass is 10.0. The van der Waals surface area contributed by atoms with Crippen LogP contribution in [0.5, 0.6) is 5.75 Å². The lowest BCUT2D eigenvalue weighted by molar-refractivity contribution is 0.222. The van der Waals surface area contributed by atoms with Crippen LogP contribution in [0.25, 0.3) is 33.2 Å². The van der Waals surface area contributed by atoms with Gasteiger partial charge in [0.25, 0.3) is 0 Å². The molecule has 0 radical (unpaired) electrons. The summed E-state index contributed by atoms with van der Waals surface area (Å²) in [7, 11) is 1.69. The smallest absolute Gasteiger partial charge is 0.118 e. The largest absolute Gasteiger partial charge is 0.497 e. The minimum Gasteiger partial charge on any atom is -0.497 e. The zero-order valence-electron chi connectivity index (χ0n) is 18.1. The first-order chi connectivity index (χ1) is 15.3. The fourth-order valence-electron chi connectivity index (χ4n) is 4.62. The van der Waals surface area contributed by atoms with Gasteiger partial charge in [-0.25, -0.2) is 0 Å². The van der Waals surface area contributed by atoms with Crippen LogP contribution in [0.15, 0.2) is 73.2 Å². The Morgan fingerprint density at radius 3 is 2.42 bits per heavy atom. The van der Waals surface area contributed by atoms with E-state index in [1.165, 1.54) is 48.8 Å². The Balaban J connectivity index is 1.47. The summed E-state index contributed by atoms with van der Waals surface area (Å²) in [5, 5.41) is 1.29. The molecular formula is C27H29N3O. The molecule has 0 amide bonds. The summed E-state index contributed by atoms with van der Waals surface area (Å²) in [4.78, 5) is 7.17. The number of aromatic nitrogens is 2. The normalized spacial score (nSPS) is 14.7. The number of benzene rings is 2. The van der Waals surface area contributed by atoms with E-state index in [9.17, 15) is 0 Å². The first-order valence-electron chi connectivity index (χ1n) is 11.2. The Morgan fingerprint density at radius 1 is 0.839 bits per heavy atom. The van der Waals surface area contributed by atoms with Gasteiger partial charge in [0.1, 0.15) is 5.75 Å². The van der Waals surface area contributed by atoms with Gasteiger partial charge in [0.2, 0.25) is 0 Å². The average molecular weight is 412 g/mol. The molecule has 1 aliphatic rings. The third-order valence-corrected chi connectivity index (χ3v) is 6.37. The van der Waals surface area contributed by atoms with Gasteiger partial charge in [-0.2, -0.15) is 0 Å². The summed E-state index contributed by atoms with van der Waals surface area (Å²) in [5.74, 6) is 0.865. The molecule has 158 valence electrons. The first kappa shape index (κ1) is 19.8. The van der Waals surface area contributed by atoms with Crippen molar-refractivity contribution in [3.8, 4) is 28.0 Å². The molecule has 31 heavy (non-hydrogen) atoms. The van der Waals surface area contributed by atoms with Crippen molar-refractivity contribution >= 4 is 10.9 Å². The molecule has 0 unspecified atom stereocenters. The molecule has 0 atom stereocenters. The van der Waals surface area contributed by atoms with E-state index in [1.54, 1.807) is 7.11 Å². The number of likely N-dealkylation sites (tertiary alicyclic amines) is 1. The maximum atomic E-state index is 5.29. The highest BCUT2D eigenvalue weighted by molar-refractivity contribution is 5.96. The number of nitrogens with zero attached hydrogens (tertiary/aromatic N) is 3. The lowest BCUT2D eigenvalue weighted by Gasteiger charge is -2.26. The summed E-state index contributed by atoms with van der Waals surface area (Å²) in [6.07, 6.45) is 10.3. The number of methoxy groups -OCH3 is 1. The predicted molar refractivity (Wildman–Crippen MR) is 127 cm³/mol. The number of pyridine rings is 1. The Bertz CT molecular complexity index is 1160. The molecule has 0 bridgehead atoms. The third-order valence-electron chi connectivity index (χ3n) is 6.37. The molecule has 4 aromatic rings. The van der Waals surface area contributed by atoms with Crippen molar-refractivity contribution in [2.75, 3.05) is 26.7 Å². The lowest BCUT2D eigenvalue weighted by Crippen LogP contribution is -2.32. The summed E-state index contributed by atoms with van der Waals surface area (Å²) in [5.41, 5.74) is 5.96. The zero-order chi connectivity index (χ0) is 21.0. The van der Waals surface area contributed by atoms with Crippen molar-refractivity contribution in [3.05, 3.63) is 73.2 Å². The second-order valence-corrected chi connectivity index (χ2v) is 8.35. The van der Waals surface area contributed by atoms with Crippen molar-refractivity contribution in [2.24, 2.45) is 0 Å². The third kappa shape index (κ3) is 4.21. The summed E-state index contributed by atoms with van der Waals surface area (Å²) in [6.45, 7) is 4.61.